The van der Waals surface area contributed by atoms with Gasteiger partial charge >= 0.3 is 0 Å². The predicted molar refractivity (Wildman–Crippen MR) is 111 cm³/mol. The van der Waals surface area contributed by atoms with Crippen molar-refractivity contribution in [1.82, 2.24) is 24.1 Å². The molecule has 1 aromatic carbocycles. The van der Waals surface area contributed by atoms with Crippen molar-refractivity contribution in [1.29, 1.82) is 0 Å². The Morgan fingerprint density at radius 2 is 1.97 bits per heavy atom. The average Bonchev–Trinajstić information content (AvgIpc) is 3.19. The standard InChI is InChI=1S/C22H23N5O2/c1-14-8-9-19(29-2)18(12-14)26-11-10-17-16(21(26)28)13-23-22-24-20(25-27(17)22)15-6-4-3-5-7-15/h8-13,15H,3-7H2,1-2H3. The Balaban J connectivity index is 1.67. The number of fused-ring (bicyclic) bond motifs is 3. The van der Waals surface area contributed by atoms with Crippen molar-refractivity contribution in [2.45, 2.75) is 44.9 Å². The summed E-state index contributed by atoms with van der Waals surface area (Å²) in [4.78, 5) is 22.3. The summed E-state index contributed by atoms with van der Waals surface area (Å²) in [6.07, 6.45) is 9.33. The molecule has 7 heteroatoms. The summed E-state index contributed by atoms with van der Waals surface area (Å²) in [6, 6.07) is 7.67. The Kier molecular flexibility index (Phi) is 4.30. The van der Waals surface area contributed by atoms with E-state index in [0.717, 1.165) is 29.7 Å². The van der Waals surface area contributed by atoms with Crippen LogP contribution in [0.25, 0.3) is 22.4 Å². The Bertz CT molecular complexity index is 1270. The first kappa shape index (κ1) is 17.8. The quantitative estimate of drug-likeness (QED) is 0.533. The van der Waals surface area contributed by atoms with Gasteiger partial charge in [-0.1, -0.05) is 25.3 Å². The largest absolute Gasteiger partial charge is 0.495 e. The first-order valence-electron chi connectivity index (χ1n) is 10.1. The van der Waals surface area contributed by atoms with E-state index in [1.165, 1.54) is 19.3 Å². The topological polar surface area (TPSA) is 74.3 Å². The van der Waals surface area contributed by atoms with Crippen LogP contribution >= 0.6 is 0 Å². The molecule has 148 valence electrons. The summed E-state index contributed by atoms with van der Waals surface area (Å²) in [5, 5.41) is 5.23. The number of hydrogen-bond donors (Lipinski definition) is 0. The Hall–Kier alpha value is -3.22. The number of aromatic nitrogens is 5. The molecule has 5 rings (SSSR count). The third kappa shape index (κ3) is 2.97. The Morgan fingerprint density at radius 3 is 2.76 bits per heavy atom. The Morgan fingerprint density at radius 1 is 1.14 bits per heavy atom. The SMILES string of the molecule is COc1ccc(C)cc1-n1ccc2c(cnc3nc(C4CCCCC4)nn32)c1=O. The maximum absolute atomic E-state index is 13.3. The van der Waals surface area contributed by atoms with Crippen molar-refractivity contribution in [2.24, 2.45) is 0 Å². The lowest BCUT2D eigenvalue weighted by atomic mass is 9.89. The van der Waals surface area contributed by atoms with Gasteiger partial charge in [0.25, 0.3) is 11.3 Å². The monoisotopic (exact) mass is 389 g/mol. The predicted octanol–water partition coefficient (Wildman–Crippen LogP) is 3.79. The molecule has 3 heterocycles. The molecule has 7 nitrogen and oxygen atoms in total. The van der Waals surface area contributed by atoms with Crippen LogP contribution in [-0.4, -0.2) is 31.3 Å². The molecule has 1 aliphatic rings. The van der Waals surface area contributed by atoms with E-state index < -0.39 is 0 Å². The molecule has 0 amide bonds. The van der Waals surface area contributed by atoms with Crippen molar-refractivity contribution in [3.63, 3.8) is 0 Å². The summed E-state index contributed by atoms with van der Waals surface area (Å²) in [5.74, 6) is 2.42. The average molecular weight is 389 g/mol. The molecule has 0 N–H and O–H groups in total. The van der Waals surface area contributed by atoms with E-state index in [4.69, 9.17) is 9.84 Å². The van der Waals surface area contributed by atoms with Crippen molar-refractivity contribution in [3.05, 3.63) is 58.4 Å². The molecule has 1 saturated carbocycles. The zero-order valence-corrected chi connectivity index (χ0v) is 16.6. The van der Waals surface area contributed by atoms with Gasteiger partial charge in [-0.25, -0.2) is 4.98 Å². The lowest BCUT2D eigenvalue weighted by Crippen LogP contribution is -2.19. The number of rotatable bonds is 3. The molecule has 0 atom stereocenters. The van der Waals surface area contributed by atoms with Gasteiger partial charge in [-0.05, 0) is 43.5 Å². The fourth-order valence-electron chi connectivity index (χ4n) is 4.25. The third-order valence-electron chi connectivity index (χ3n) is 5.81. The molecular formula is C22H23N5O2. The highest BCUT2D eigenvalue weighted by molar-refractivity contribution is 5.79. The van der Waals surface area contributed by atoms with Crippen LogP contribution < -0.4 is 10.3 Å². The van der Waals surface area contributed by atoms with Gasteiger partial charge in [-0.15, -0.1) is 5.10 Å². The van der Waals surface area contributed by atoms with Gasteiger partial charge in [-0.2, -0.15) is 9.50 Å². The van der Waals surface area contributed by atoms with Gasteiger partial charge in [0.2, 0.25) is 0 Å². The third-order valence-corrected chi connectivity index (χ3v) is 5.81. The number of pyridine rings is 1. The highest BCUT2D eigenvalue weighted by Crippen LogP contribution is 2.31. The highest BCUT2D eigenvalue weighted by Gasteiger charge is 2.21. The van der Waals surface area contributed by atoms with Crippen LogP contribution in [-0.2, 0) is 0 Å². The van der Waals surface area contributed by atoms with E-state index >= 15 is 0 Å². The molecule has 0 radical (unpaired) electrons. The second-order valence-electron chi connectivity index (χ2n) is 7.74. The molecule has 0 unspecified atom stereocenters. The molecule has 0 aliphatic heterocycles. The molecule has 1 aliphatic carbocycles. The van der Waals surface area contributed by atoms with Crippen molar-refractivity contribution in [3.8, 4) is 11.4 Å². The van der Waals surface area contributed by atoms with E-state index in [9.17, 15) is 4.79 Å². The minimum atomic E-state index is -0.157. The molecule has 0 spiro atoms. The van der Waals surface area contributed by atoms with Gasteiger partial charge in [-0.3, -0.25) is 9.36 Å². The van der Waals surface area contributed by atoms with Crippen LogP contribution in [0.3, 0.4) is 0 Å². The van der Waals surface area contributed by atoms with Crippen LogP contribution in [0.15, 0.2) is 41.5 Å². The van der Waals surface area contributed by atoms with E-state index in [1.807, 2.05) is 31.2 Å². The second-order valence-corrected chi connectivity index (χ2v) is 7.74. The zero-order valence-electron chi connectivity index (χ0n) is 16.6. The van der Waals surface area contributed by atoms with Crippen LogP contribution in [0.1, 0.15) is 49.4 Å². The number of benzene rings is 1. The van der Waals surface area contributed by atoms with Gasteiger partial charge in [0, 0.05) is 18.3 Å². The van der Waals surface area contributed by atoms with Crippen molar-refractivity contribution in [2.75, 3.05) is 7.11 Å². The maximum Gasteiger partial charge on any atom is 0.266 e. The number of aryl methyl sites for hydroxylation is 1. The molecule has 3 aromatic heterocycles. The minimum absolute atomic E-state index is 0.157. The van der Waals surface area contributed by atoms with Gasteiger partial charge in [0.15, 0.2) is 5.82 Å². The van der Waals surface area contributed by atoms with Crippen LogP contribution in [0.2, 0.25) is 0 Å². The van der Waals surface area contributed by atoms with E-state index in [0.29, 0.717) is 28.5 Å². The normalized spacial score (nSPS) is 15.2. The first-order valence-corrected chi connectivity index (χ1v) is 10.1. The summed E-state index contributed by atoms with van der Waals surface area (Å²) < 4.78 is 8.76. The minimum Gasteiger partial charge on any atom is -0.495 e. The number of ether oxygens (including phenoxy) is 1. The zero-order chi connectivity index (χ0) is 20.0. The van der Waals surface area contributed by atoms with E-state index in [1.54, 1.807) is 28.6 Å². The van der Waals surface area contributed by atoms with Crippen LogP contribution in [0.4, 0.5) is 0 Å². The number of hydrogen-bond acceptors (Lipinski definition) is 5. The fraction of sp³-hybridized carbons (Fsp3) is 0.364. The molecule has 0 bridgehead atoms. The lowest BCUT2D eigenvalue weighted by Gasteiger charge is -2.17. The molecule has 29 heavy (non-hydrogen) atoms. The molecular weight excluding hydrogens is 366 g/mol. The molecule has 0 saturated heterocycles. The van der Waals surface area contributed by atoms with E-state index in [2.05, 4.69) is 9.97 Å². The van der Waals surface area contributed by atoms with Crippen LogP contribution in [0, 0.1) is 6.92 Å². The highest BCUT2D eigenvalue weighted by atomic mass is 16.5. The first-order chi connectivity index (χ1) is 14.2. The molecule has 4 aromatic rings. The van der Waals surface area contributed by atoms with Gasteiger partial charge in [0.1, 0.15) is 5.75 Å². The van der Waals surface area contributed by atoms with Crippen LogP contribution in [0.5, 0.6) is 5.75 Å². The van der Waals surface area contributed by atoms with E-state index in [-0.39, 0.29) is 5.56 Å². The summed E-state index contributed by atoms with van der Waals surface area (Å²) in [7, 11) is 1.60. The Labute approximate surface area is 168 Å². The molecule has 1 fully saturated rings. The number of methoxy groups -OCH3 is 1. The van der Waals surface area contributed by atoms with Crippen molar-refractivity contribution < 1.29 is 4.74 Å². The summed E-state index contributed by atoms with van der Waals surface area (Å²) in [5.41, 5.74) is 2.32. The fourth-order valence-corrected chi connectivity index (χ4v) is 4.25. The lowest BCUT2D eigenvalue weighted by molar-refractivity contribution is 0.412. The van der Waals surface area contributed by atoms with Gasteiger partial charge < -0.3 is 4.74 Å². The van der Waals surface area contributed by atoms with Gasteiger partial charge in [0.05, 0.1) is 23.7 Å². The summed E-state index contributed by atoms with van der Waals surface area (Å²) in [6.45, 7) is 1.99. The van der Waals surface area contributed by atoms with Crippen molar-refractivity contribution >= 4 is 16.7 Å². The maximum atomic E-state index is 13.3. The smallest absolute Gasteiger partial charge is 0.266 e. The summed E-state index contributed by atoms with van der Waals surface area (Å²) >= 11 is 0. The second kappa shape index (κ2) is 6.99. The number of nitrogens with zero attached hydrogens (tertiary/aromatic N) is 5.